The van der Waals surface area contributed by atoms with Crippen molar-refractivity contribution in [2.45, 2.75) is 19.4 Å². The monoisotopic (exact) mass is 353 g/mol. The fourth-order valence-electron chi connectivity index (χ4n) is 2.83. The zero-order valence-corrected chi connectivity index (χ0v) is 14.8. The number of nitrogens with one attached hydrogen (secondary N) is 2. The minimum absolute atomic E-state index is 0.0666. The van der Waals surface area contributed by atoms with Gasteiger partial charge in [-0.1, -0.05) is 12.1 Å². The highest BCUT2D eigenvalue weighted by Gasteiger charge is 2.17. The van der Waals surface area contributed by atoms with Crippen molar-refractivity contribution in [2.24, 2.45) is 7.05 Å². The molecule has 0 saturated carbocycles. The van der Waals surface area contributed by atoms with Crippen molar-refractivity contribution < 1.29 is 9.59 Å². The molecule has 2 heterocycles. The predicted octanol–water partition coefficient (Wildman–Crippen LogP) is 2.38. The molecule has 1 aromatic carbocycles. The van der Waals surface area contributed by atoms with Gasteiger partial charge in [-0.05, 0) is 36.6 Å². The molecular weight excluding hydrogens is 330 g/mol. The second-order valence-electron chi connectivity index (χ2n) is 6.32. The lowest BCUT2D eigenvalue weighted by atomic mass is 10.2. The molecule has 1 saturated heterocycles. The molecule has 7 heteroatoms. The number of amides is 3. The van der Waals surface area contributed by atoms with E-state index in [4.69, 9.17) is 0 Å². The van der Waals surface area contributed by atoms with Gasteiger partial charge in [0.25, 0.3) is 0 Å². The van der Waals surface area contributed by atoms with Gasteiger partial charge < -0.3 is 15.5 Å². The van der Waals surface area contributed by atoms with Gasteiger partial charge in [-0.2, -0.15) is 5.10 Å². The molecule has 0 bridgehead atoms. The standard InChI is InChI=1S/C19H23N5O2/c1-23-14-16(13-21-23)7-8-18(25)20-12-15-5-4-6-17(11-15)22-19(26)24-9-2-3-10-24/h4-8,11,13-14H,2-3,9-10,12H2,1H3,(H,20,25)(H,22,26)/b8-7+. The lowest BCUT2D eigenvalue weighted by Gasteiger charge is -2.16. The van der Waals surface area contributed by atoms with Crippen LogP contribution in [0.2, 0.25) is 0 Å². The second kappa shape index (κ2) is 8.33. The Morgan fingerprint density at radius 2 is 2.08 bits per heavy atom. The van der Waals surface area contributed by atoms with Crippen molar-refractivity contribution >= 4 is 23.7 Å². The molecule has 3 amide bonds. The quantitative estimate of drug-likeness (QED) is 0.810. The SMILES string of the molecule is Cn1cc(/C=C/C(=O)NCc2cccc(NC(=O)N3CCCC3)c2)cn1. The Morgan fingerprint density at radius 1 is 1.27 bits per heavy atom. The summed E-state index contributed by atoms with van der Waals surface area (Å²) in [6.07, 6.45) is 8.84. The normalized spacial score (nSPS) is 14.0. The predicted molar refractivity (Wildman–Crippen MR) is 100 cm³/mol. The van der Waals surface area contributed by atoms with Crippen LogP contribution in [-0.2, 0) is 18.4 Å². The summed E-state index contributed by atoms with van der Waals surface area (Å²) >= 11 is 0. The van der Waals surface area contributed by atoms with Crippen LogP contribution in [0.1, 0.15) is 24.0 Å². The zero-order chi connectivity index (χ0) is 18.4. The molecule has 0 aliphatic carbocycles. The van der Waals surface area contributed by atoms with E-state index in [1.54, 1.807) is 17.0 Å². The fraction of sp³-hybridized carbons (Fsp3) is 0.316. The van der Waals surface area contributed by atoms with Gasteiger partial charge in [-0.3, -0.25) is 9.48 Å². The number of urea groups is 1. The summed E-state index contributed by atoms with van der Waals surface area (Å²) < 4.78 is 1.68. The molecule has 0 unspecified atom stereocenters. The first-order valence-electron chi connectivity index (χ1n) is 8.69. The molecule has 26 heavy (non-hydrogen) atoms. The van der Waals surface area contributed by atoms with Crippen LogP contribution in [0.15, 0.2) is 42.7 Å². The molecule has 7 nitrogen and oxygen atoms in total. The number of aromatic nitrogens is 2. The van der Waals surface area contributed by atoms with Crippen LogP contribution in [0.3, 0.4) is 0 Å². The summed E-state index contributed by atoms with van der Waals surface area (Å²) in [4.78, 5) is 25.9. The minimum atomic E-state index is -0.180. The average Bonchev–Trinajstić information content (AvgIpc) is 3.30. The first kappa shape index (κ1) is 17.7. The number of hydrogen-bond acceptors (Lipinski definition) is 3. The Hall–Kier alpha value is -3.09. The number of aryl methyl sites for hydroxylation is 1. The van der Waals surface area contributed by atoms with Crippen molar-refractivity contribution in [3.05, 3.63) is 53.9 Å². The average molecular weight is 353 g/mol. The van der Waals surface area contributed by atoms with Crippen LogP contribution in [0.25, 0.3) is 6.08 Å². The van der Waals surface area contributed by atoms with E-state index in [0.717, 1.165) is 42.7 Å². The first-order valence-corrected chi connectivity index (χ1v) is 8.69. The molecule has 1 aliphatic rings. The fourth-order valence-corrected chi connectivity index (χ4v) is 2.83. The smallest absolute Gasteiger partial charge is 0.321 e. The summed E-state index contributed by atoms with van der Waals surface area (Å²) in [5, 5.41) is 9.79. The summed E-state index contributed by atoms with van der Waals surface area (Å²) in [6.45, 7) is 2.01. The van der Waals surface area contributed by atoms with Gasteiger partial charge in [0, 0.05) is 50.2 Å². The van der Waals surface area contributed by atoms with Gasteiger partial charge >= 0.3 is 6.03 Å². The molecule has 1 fully saturated rings. The molecule has 1 aromatic heterocycles. The van der Waals surface area contributed by atoms with Crippen molar-refractivity contribution in [2.75, 3.05) is 18.4 Å². The maximum Gasteiger partial charge on any atom is 0.321 e. The third kappa shape index (κ3) is 4.95. The molecule has 1 aliphatic heterocycles. The minimum Gasteiger partial charge on any atom is -0.348 e. The van der Waals surface area contributed by atoms with E-state index in [1.165, 1.54) is 6.08 Å². The Labute approximate surface area is 152 Å². The van der Waals surface area contributed by atoms with Gasteiger partial charge in [0.05, 0.1) is 6.20 Å². The third-order valence-electron chi connectivity index (χ3n) is 4.19. The van der Waals surface area contributed by atoms with E-state index in [1.807, 2.05) is 42.4 Å². The van der Waals surface area contributed by atoms with Gasteiger partial charge in [0.15, 0.2) is 0 Å². The summed E-state index contributed by atoms with van der Waals surface area (Å²) in [6, 6.07) is 7.44. The molecule has 2 aromatic rings. The topological polar surface area (TPSA) is 79.3 Å². The highest BCUT2D eigenvalue weighted by molar-refractivity contribution is 5.91. The zero-order valence-electron chi connectivity index (χ0n) is 14.8. The number of nitrogens with zero attached hydrogens (tertiary/aromatic N) is 3. The Morgan fingerprint density at radius 3 is 2.81 bits per heavy atom. The number of carbonyl (C=O) groups is 2. The van der Waals surface area contributed by atoms with Gasteiger partial charge in [-0.15, -0.1) is 0 Å². The highest BCUT2D eigenvalue weighted by Crippen LogP contribution is 2.14. The molecule has 3 rings (SSSR count). The Bertz CT molecular complexity index is 806. The first-order chi connectivity index (χ1) is 12.6. The van der Waals surface area contributed by atoms with E-state index >= 15 is 0 Å². The third-order valence-corrected chi connectivity index (χ3v) is 4.19. The van der Waals surface area contributed by atoms with E-state index in [0.29, 0.717) is 6.54 Å². The molecule has 2 N–H and O–H groups in total. The van der Waals surface area contributed by atoms with E-state index in [-0.39, 0.29) is 11.9 Å². The molecule has 136 valence electrons. The largest absolute Gasteiger partial charge is 0.348 e. The highest BCUT2D eigenvalue weighted by atomic mass is 16.2. The summed E-state index contributed by atoms with van der Waals surface area (Å²) in [5.74, 6) is -0.180. The van der Waals surface area contributed by atoms with Crippen LogP contribution in [-0.4, -0.2) is 39.7 Å². The Balaban J connectivity index is 1.50. The Kier molecular flexibility index (Phi) is 5.68. The van der Waals surface area contributed by atoms with Gasteiger partial charge in [0.1, 0.15) is 0 Å². The van der Waals surface area contributed by atoms with E-state index < -0.39 is 0 Å². The molecule has 0 spiro atoms. The maximum absolute atomic E-state index is 12.1. The van der Waals surface area contributed by atoms with Crippen molar-refractivity contribution in [1.82, 2.24) is 20.0 Å². The van der Waals surface area contributed by atoms with Crippen molar-refractivity contribution in [3.8, 4) is 0 Å². The molecule has 0 radical (unpaired) electrons. The summed E-state index contributed by atoms with van der Waals surface area (Å²) in [7, 11) is 1.83. The van der Waals surface area contributed by atoms with Crippen molar-refractivity contribution in [3.63, 3.8) is 0 Å². The van der Waals surface area contributed by atoms with E-state index in [9.17, 15) is 9.59 Å². The maximum atomic E-state index is 12.1. The summed E-state index contributed by atoms with van der Waals surface area (Å²) in [5.41, 5.74) is 2.53. The van der Waals surface area contributed by atoms with Crippen LogP contribution in [0, 0.1) is 0 Å². The number of benzene rings is 1. The number of anilines is 1. The molecule has 0 atom stereocenters. The van der Waals surface area contributed by atoms with Crippen molar-refractivity contribution in [1.29, 1.82) is 0 Å². The van der Waals surface area contributed by atoms with Crippen LogP contribution in [0.5, 0.6) is 0 Å². The lowest BCUT2D eigenvalue weighted by molar-refractivity contribution is -0.116. The number of likely N-dealkylation sites (tertiary alicyclic amines) is 1. The number of carbonyl (C=O) groups excluding carboxylic acids is 2. The van der Waals surface area contributed by atoms with Crippen LogP contribution in [0.4, 0.5) is 10.5 Å². The molecular formula is C19H23N5O2. The number of hydrogen-bond donors (Lipinski definition) is 2. The number of rotatable bonds is 5. The van der Waals surface area contributed by atoms with E-state index in [2.05, 4.69) is 15.7 Å². The lowest BCUT2D eigenvalue weighted by Crippen LogP contribution is -2.32. The second-order valence-corrected chi connectivity index (χ2v) is 6.32. The van der Waals surface area contributed by atoms with Crippen LogP contribution < -0.4 is 10.6 Å². The van der Waals surface area contributed by atoms with Crippen LogP contribution >= 0.6 is 0 Å². The van der Waals surface area contributed by atoms with Gasteiger partial charge in [0.2, 0.25) is 5.91 Å². The van der Waals surface area contributed by atoms with Gasteiger partial charge in [-0.25, -0.2) is 4.79 Å².